The first-order valence-corrected chi connectivity index (χ1v) is 8.01. The molecule has 1 heterocycles. The summed E-state index contributed by atoms with van der Waals surface area (Å²) in [4.78, 5) is 0. The molecule has 4 nitrogen and oxygen atoms in total. The average Bonchev–Trinajstić information content (AvgIpc) is 2.88. The Kier molecular flexibility index (Phi) is 13.2. The monoisotopic (exact) mass is 368 g/mol. The van der Waals surface area contributed by atoms with Gasteiger partial charge >= 0.3 is 0 Å². The number of aliphatic hydroxyl groups is 1. The summed E-state index contributed by atoms with van der Waals surface area (Å²) < 4.78 is 5.26. The molecule has 0 aromatic carbocycles. The zero-order chi connectivity index (χ0) is 15.9. The van der Waals surface area contributed by atoms with Crippen molar-refractivity contribution in [3.8, 4) is 0 Å². The van der Waals surface area contributed by atoms with Crippen LogP contribution in [0.1, 0.15) is 52.7 Å². The summed E-state index contributed by atoms with van der Waals surface area (Å²) >= 11 is 0. The predicted molar refractivity (Wildman–Crippen MR) is 102 cm³/mol. The molecule has 0 fully saturated rings. The summed E-state index contributed by atoms with van der Waals surface area (Å²) in [5.41, 5.74) is 6.06. The third-order valence-electron chi connectivity index (χ3n) is 3.88. The van der Waals surface area contributed by atoms with Gasteiger partial charge < -0.3 is 20.6 Å². The summed E-state index contributed by atoms with van der Waals surface area (Å²) in [5, 5.41) is 13.6. The SMILES string of the molecule is CC(C)CCCC(C)(C)NC[C@@H](O)[C@@H](N)Cc1ccco1.Cl.Cl. The van der Waals surface area contributed by atoms with Crippen molar-refractivity contribution < 1.29 is 9.52 Å². The van der Waals surface area contributed by atoms with E-state index >= 15 is 0 Å². The first-order valence-electron chi connectivity index (χ1n) is 8.01. The third kappa shape index (κ3) is 11.0. The Hall–Kier alpha value is -0.260. The highest BCUT2D eigenvalue weighted by atomic mass is 35.5. The third-order valence-corrected chi connectivity index (χ3v) is 3.88. The van der Waals surface area contributed by atoms with E-state index in [9.17, 15) is 5.11 Å². The van der Waals surface area contributed by atoms with E-state index in [1.165, 1.54) is 12.8 Å². The lowest BCUT2D eigenvalue weighted by Gasteiger charge is -2.29. The molecule has 0 radical (unpaired) electrons. The van der Waals surface area contributed by atoms with Crippen LogP contribution in [0.15, 0.2) is 22.8 Å². The van der Waals surface area contributed by atoms with Crippen LogP contribution in [0.5, 0.6) is 0 Å². The van der Waals surface area contributed by atoms with Gasteiger partial charge in [0.1, 0.15) is 5.76 Å². The summed E-state index contributed by atoms with van der Waals surface area (Å²) in [6, 6.07) is 3.41. The molecule has 1 rings (SSSR count). The van der Waals surface area contributed by atoms with Crippen LogP contribution in [-0.4, -0.2) is 29.3 Å². The average molecular weight is 369 g/mol. The fraction of sp³-hybridized carbons (Fsp3) is 0.765. The highest BCUT2D eigenvalue weighted by molar-refractivity contribution is 5.85. The minimum absolute atomic E-state index is 0. The molecule has 138 valence electrons. The first-order chi connectivity index (χ1) is 9.80. The quantitative estimate of drug-likeness (QED) is 0.590. The minimum atomic E-state index is -0.570. The number of rotatable bonds is 10. The van der Waals surface area contributed by atoms with Crippen LogP contribution >= 0.6 is 24.8 Å². The normalized spacial score (nSPS) is 14.0. The maximum atomic E-state index is 10.2. The van der Waals surface area contributed by atoms with E-state index in [4.69, 9.17) is 10.2 Å². The van der Waals surface area contributed by atoms with Gasteiger partial charge in [-0.15, -0.1) is 24.8 Å². The lowest BCUT2D eigenvalue weighted by molar-refractivity contribution is 0.127. The fourth-order valence-corrected chi connectivity index (χ4v) is 2.37. The Morgan fingerprint density at radius 3 is 2.48 bits per heavy atom. The Morgan fingerprint density at radius 1 is 1.30 bits per heavy atom. The zero-order valence-corrected chi connectivity index (χ0v) is 16.4. The molecule has 0 spiro atoms. The van der Waals surface area contributed by atoms with Crippen molar-refractivity contribution in [1.82, 2.24) is 5.32 Å². The van der Waals surface area contributed by atoms with Gasteiger partial charge in [0.15, 0.2) is 0 Å². The van der Waals surface area contributed by atoms with E-state index < -0.39 is 6.10 Å². The summed E-state index contributed by atoms with van der Waals surface area (Å²) in [7, 11) is 0. The highest BCUT2D eigenvalue weighted by Crippen LogP contribution is 2.16. The molecule has 0 unspecified atom stereocenters. The maximum absolute atomic E-state index is 10.2. The van der Waals surface area contributed by atoms with Gasteiger partial charge in [-0.25, -0.2) is 0 Å². The number of hydrogen-bond acceptors (Lipinski definition) is 4. The van der Waals surface area contributed by atoms with Gasteiger partial charge in [0.2, 0.25) is 0 Å². The summed E-state index contributed by atoms with van der Waals surface area (Å²) in [6.45, 7) is 9.36. The Bertz CT molecular complexity index is 384. The smallest absolute Gasteiger partial charge is 0.105 e. The number of halogens is 2. The number of nitrogens with one attached hydrogen (secondary N) is 1. The number of β-amino-alcohol motifs (C(OH)–C–C–N with tert-alkyl or cyclic N) is 1. The topological polar surface area (TPSA) is 71.4 Å². The number of hydrogen-bond donors (Lipinski definition) is 3. The number of furan rings is 1. The Balaban J connectivity index is 0. The zero-order valence-electron chi connectivity index (χ0n) is 14.7. The van der Waals surface area contributed by atoms with Crippen molar-refractivity contribution in [2.45, 2.75) is 71.1 Å². The number of aliphatic hydroxyl groups excluding tert-OH is 1. The van der Waals surface area contributed by atoms with Crippen LogP contribution in [0.2, 0.25) is 0 Å². The highest BCUT2D eigenvalue weighted by Gasteiger charge is 2.21. The van der Waals surface area contributed by atoms with Crippen LogP contribution in [0.25, 0.3) is 0 Å². The van der Waals surface area contributed by atoms with Crippen LogP contribution in [0.3, 0.4) is 0 Å². The first kappa shape index (κ1) is 25.0. The van der Waals surface area contributed by atoms with Crippen LogP contribution in [0, 0.1) is 5.92 Å². The molecule has 0 amide bonds. The molecule has 0 aliphatic rings. The van der Waals surface area contributed by atoms with Crippen molar-refractivity contribution in [3.05, 3.63) is 24.2 Å². The second-order valence-corrected chi connectivity index (χ2v) is 7.07. The van der Waals surface area contributed by atoms with E-state index in [0.717, 1.165) is 18.1 Å². The Morgan fingerprint density at radius 2 is 1.96 bits per heavy atom. The van der Waals surface area contributed by atoms with Gasteiger partial charge in [-0.1, -0.05) is 26.7 Å². The second-order valence-electron chi connectivity index (χ2n) is 7.07. The standard InChI is InChI=1S/C17H32N2O2.2ClH/c1-13(2)7-5-9-17(3,4)19-12-16(20)15(18)11-14-8-6-10-21-14;;/h6,8,10,13,15-16,19-20H,5,7,9,11-12,18H2,1-4H3;2*1H/t15-,16+;;/m0../s1. The molecule has 0 bridgehead atoms. The summed E-state index contributed by atoms with van der Waals surface area (Å²) in [5.74, 6) is 1.56. The van der Waals surface area contributed by atoms with E-state index in [0.29, 0.717) is 13.0 Å². The van der Waals surface area contributed by atoms with Crippen molar-refractivity contribution in [3.63, 3.8) is 0 Å². The van der Waals surface area contributed by atoms with Crippen LogP contribution in [-0.2, 0) is 6.42 Å². The van der Waals surface area contributed by atoms with Crippen LogP contribution < -0.4 is 11.1 Å². The van der Waals surface area contributed by atoms with Gasteiger partial charge in [0.05, 0.1) is 12.4 Å². The molecule has 0 aliphatic heterocycles. The lowest BCUT2D eigenvalue weighted by Crippen LogP contribution is -2.49. The number of nitrogens with two attached hydrogens (primary N) is 1. The molecule has 0 aliphatic carbocycles. The van der Waals surface area contributed by atoms with Crippen molar-refractivity contribution in [1.29, 1.82) is 0 Å². The predicted octanol–water partition coefficient (Wildman–Crippen LogP) is 3.55. The van der Waals surface area contributed by atoms with Gasteiger partial charge in [-0.3, -0.25) is 0 Å². The molecule has 1 aromatic heterocycles. The summed E-state index contributed by atoms with van der Waals surface area (Å²) in [6.07, 6.45) is 5.16. The lowest BCUT2D eigenvalue weighted by atomic mass is 9.94. The molecule has 4 N–H and O–H groups in total. The molecule has 0 saturated carbocycles. The molecular formula is C17H34Cl2N2O2. The van der Waals surface area contributed by atoms with E-state index in [1.807, 2.05) is 12.1 Å². The molecule has 6 heteroatoms. The molecule has 23 heavy (non-hydrogen) atoms. The largest absolute Gasteiger partial charge is 0.469 e. The van der Waals surface area contributed by atoms with Gasteiger partial charge in [-0.05, 0) is 38.3 Å². The maximum Gasteiger partial charge on any atom is 0.105 e. The van der Waals surface area contributed by atoms with Crippen molar-refractivity contribution >= 4 is 24.8 Å². The molecular weight excluding hydrogens is 335 g/mol. The molecule has 1 aromatic rings. The fourth-order valence-electron chi connectivity index (χ4n) is 2.37. The van der Waals surface area contributed by atoms with E-state index in [2.05, 4.69) is 33.0 Å². The second kappa shape index (κ2) is 12.2. The van der Waals surface area contributed by atoms with Crippen molar-refractivity contribution in [2.24, 2.45) is 11.7 Å². The van der Waals surface area contributed by atoms with Gasteiger partial charge in [0, 0.05) is 24.5 Å². The van der Waals surface area contributed by atoms with Gasteiger partial charge in [0.25, 0.3) is 0 Å². The van der Waals surface area contributed by atoms with Gasteiger partial charge in [-0.2, -0.15) is 0 Å². The van der Waals surface area contributed by atoms with Crippen LogP contribution in [0.4, 0.5) is 0 Å². The molecule has 0 saturated heterocycles. The van der Waals surface area contributed by atoms with E-state index in [1.54, 1.807) is 6.26 Å². The van der Waals surface area contributed by atoms with Crippen molar-refractivity contribution in [2.75, 3.05) is 6.54 Å². The molecule has 2 atom stereocenters. The minimum Gasteiger partial charge on any atom is -0.469 e. The van der Waals surface area contributed by atoms with E-state index in [-0.39, 0.29) is 36.4 Å². The Labute approximate surface area is 153 Å².